The van der Waals surface area contributed by atoms with E-state index in [0.29, 0.717) is 13.1 Å². The smallest absolute Gasteiger partial charge is 0.191 e. The minimum atomic E-state index is -0.0294. The predicted octanol–water partition coefficient (Wildman–Crippen LogP) is 1.76. The summed E-state index contributed by atoms with van der Waals surface area (Å²) >= 11 is 0. The van der Waals surface area contributed by atoms with E-state index in [1.165, 1.54) is 0 Å². The van der Waals surface area contributed by atoms with Gasteiger partial charge in [0.2, 0.25) is 0 Å². The molecule has 1 aliphatic rings. The number of ether oxygens (including phenoxy) is 2. The van der Waals surface area contributed by atoms with Gasteiger partial charge in [0.25, 0.3) is 0 Å². The quantitative estimate of drug-likeness (QED) is 0.542. The average Bonchev–Trinajstić information content (AvgIpc) is 3.28. The molecule has 0 saturated carbocycles. The normalized spacial score (nSPS) is 14.6. The Hall–Kier alpha value is -2.77. The van der Waals surface area contributed by atoms with Gasteiger partial charge in [-0.25, -0.2) is 4.99 Å². The molecule has 27 heavy (non-hydrogen) atoms. The first-order valence-corrected chi connectivity index (χ1v) is 9.43. The predicted molar refractivity (Wildman–Crippen MR) is 104 cm³/mol. The molecule has 2 aromatic rings. The van der Waals surface area contributed by atoms with E-state index in [0.717, 1.165) is 55.0 Å². The zero-order valence-electron chi connectivity index (χ0n) is 16.2. The summed E-state index contributed by atoms with van der Waals surface area (Å²) in [5, 5.41) is 15.1. The molecule has 2 heterocycles. The molecule has 2 N–H and O–H groups in total. The molecule has 0 spiro atoms. The van der Waals surface area contributed by atoms with Crippen molar-refractivity contribution in [2.45, 2.75) is 45.9 Å². The zero-order valence-corrected chi connectivity index (χ0v) is 16.2. The topological polar surface area (TPSA) is 85.6 Å². The van der Waals surface area contributed by atoms with Crippen molar-refractivity contribution in [3.63, 3.8) is 0 Å². The van der Waals surface area contributed by atoms with Gasteiger partial charge < -0.3 is 24.7 Å². The fraction of sp³-hybridized carbons (Fsp3) is 0.526. The maximum absolute atomic E-state index is 5.94. The molecule has 1 aromatic heterocycles. The SMILES string of the molecule is CCNC(=NCc1nnc2n1CCC2)NCC(C)Oc1cccc(OC)c1. The molecular formula is C19H28N6O2. The summed E-state index contributed by atoms with van der Waals surface area (Å²) in [7, 11) is 1.65. The van der Waals surface area contributed by atoms with E-state index in [4.69, 9.17) is 9.47 Å². The molecule has 1 aliphatic heterocycles. The number of benzene rings is 1. The number of hydrogen-bond donors (Lipinski definition) is 2. The molecule has 146 valence electrons. The van der Waals surface area contributed by atoms with Crippen LogP contribution in [-0.4, -0.2) is 47.0 Å². The second kappa shape index (κ2) is 9.25. The van der Waals surface area contributed by atoms with Crippen LogP contribution in [0.3, 0.4) is 0 Å². The van der Waals surface area contributed by atoms with Crippen molar-refractivity contribution in [2.75, 3.05) is 20.2 Å². The van der Waals surface area contributed by atoms with Crippen LogP contribution in [0.15, 0.2) is 29.3 Å². The summed E-state index contributed by atoms with van der Waals surface area (Å²) in [5.74, 6) is 4.29. The largest absolute Gasteiger partial charge is 0.497 e. The van der Waals surface area contributed by atoms with Gasteiger partial charge in [-0.15, -0.1) is 10.2 Å². The summed E-state index contributed by atoms with van der Waals surface area (Å²) < 4.78 is 13.3. The van der Waals surface area contributed by atoms with Crippen LogP contribution in [0, 0.1) is 0 Å². The van der Waals surface area contributed by atoms with E-state index < -0.39 is 0 Å². The van der Waals surface area contributed by atoms with E-state index in [-0.39, 0.29) is 6.10 Å². The average molecular weight is 372 g/mol. The highest BCUT2D eigenvalue weighted by Gasteiger charge is 2.16. The Morgan fingerprint density at radius 2 is 2.15 bits per heavy atom. The standard InChI is InChI=1S/C19H28N6O2/c1-4-20-19(22-13-18-24-23-17-9-6-10-25(17)18)21-12-14(2)27-16-8-5-7-15(11-16)26-3/h5,7-8,11,14H,4,6,9-10,12-13H2,1-3H3,(H2,20,21,22). The number of guanidine groups is 1. The Morgan fingerprint density at radius 3 is 2.96 bits per heavy atom. The lowest BCUT2D eigenvalue weighted by molar-refractivity contribution is 0.223. The third-order valence-corrected chi connectivity index (χ3v) is 4.34. The van der Waals surface area contributed by atoms with Gasteiger partial charge in [-0.3, -0.25) is 0 Å². The third-order valence-electron chi connectivity index (χ3n) is 4.34. The van der Waals surface area contributed by atoms with Gasteiger partial charge in [-0.2, -0.15) is 0 Å². The summed E-state index contributed by atoms with van der Waals surface area (Å²) in [6, 6.07) is 7.61. The monoisotopic (exact) mass is 372 g/mol. The Kier molecular flexibility index (Phi) is 6.51. The minimum Gasteiger partial charge on any atom is -0.497 e. The Morgan fingerprint density at radius 1 is 1.30 bits per heavy atom. The van der Waals surface area contributed by atoms with E-state index in [1.807, 2.05) is 38.1 Å². The molecule has 1 unspecified atom stereocenters. The highest BCUT2D eigenvalue weighted by molar-refractivity contribution is 5.79. The Balaban J connectivity index is 1.53. The number of hydrogen-bond acceptors (Lipinski definition) is 5. The lowest BCUT2D eigenvalue weighted by atomic mass is 10.3. The molecule has 1 aromatic carbocycles. The molecule has 1 atom stereocenters. The highest BCUT2D eigenvalue weighted by atomic mass is 16.5. The molecular weight excluding hydrogens is 344 g/mol. The molecule has 0 aliphatic carbocycles. The summed E-state index contributed by atoms with van der Waals surface area (Å²) in [5.41, 5.74) is 0. The van der Waals surface area contributed by atoms with Gasteiger partial charge in [-0.1, -0.05) is 6.07 Å². The molecule has 0 radical (unpaired) electrons. The van der Waals surface area contributed by atoms with Crippen LogP contribution in [0.25, 0.3) is 0 Å². The second-order valence-corrected chi connectivity index (χ2v) is 6.47. The van der Waals surface area contributed by atoms with Crippen LogP contribution in [0.5, 0.6) is 11.5 Å². The second-order valence-electron chi connectivity index (χ2n) is 6.47. The lowest BCUT2D eigenvalue weighted by Gasteiger charge is -2.18. The van der Waals surface area contributed by atoms with Crippen molar-refractivity contribution >= 4 is 5.96 Å². The molecule has 8 nitrogen and oxygen atoms in total. The van der Waals surface area contributed by atoms with Crippen LogP contribution >= 0.6 is 0 Å². The van der Waals surface area contributed by atoms with Crippen molar-refractivity contribution in [1.82, 2.24) is 25.4 Å². The highest BCUT2D eigenvalue weighted by Crippen LogP contribution is 2.19. The molecule has 0 saturated heterocycles. The Labute approximate surface area is 160 Å². The van der Waals surface area contributed by atoms with Gasteiger partial charge in [0.15, 0.2) is 11.8 Å². The van der Waals surface area contributed by atoms with Crippen LogP contribution in [0.2, 0.25) is 0 Å². The van der Waals surface area contributed by atoms with E-state index >= 15 is 0 Å². The van der Waals surface area contributed by atoms with E-state index in [9.17, 15) is 0 Å². The number of aromatic nitrogens is 3. The van der Waals surface area contributed by atoms with E-state index in [2.05, 4.69) is 30.4 Å². The number of nitrogens with one attached hydrogen (secondary N) is 2. The number of rotatable bonds is 8. The molecule has 0 fully saturated rings. The van der Waals surface area contributed by atoms with Crippen LogP contribution in [0.4, 0.5) is 0 Å². The van der Waals surface area contributed by atoms with Gasteiger partial charge in [0.05, 0.1) is 13.7 Å². The first-order chi connectivity index (χ1) is 13.2. The van der Waals surface area contributed by atoms with Crippen molar-refractivity contribution in [2.24, 2.45) is 4.99 Å². The molecule has 0 bridgehead atoms. The van der Waals surface area contributed by atoms with Crippen molar-refractivity contribution in [3.05, 3.63) is 35.9 Å². The minimum absolute atomic E-state index is 0.0294. The maximum Gasteiger partial charge on any atom is 0.191 e. The molecule has 0 amide bonds. The first-order valence-electron chi connectivity index (χ1n) is 9.43. The summed E-state index contributed by atoms with van der Waals surface area (Å²) in [6.07, 6.45) is 2.12. The van der Waals surface area contributed by atoms with Crippen LogP contribution < -0.4 is 20.1 Å². The Bertz CT molecular complexity index is 773. The first kappa shape index (κ1) is 19.0. The molecule has 3 rings (SSSR count). The van der Waals surface area contributed by atoms with E-state index in [1.54, 1.807) is 7.11 Å². The van der Waals surface area contributed by atoms with Crippen molar-refractivity contribution < 1.29 is 9.47 Å². The zero-order chi connectivity index (χ0) is 19.1. The van der Waals surface area contributed by atoms with Gasteiger partial charge >= 0.3 is 0 Å². The number of aliphatic imine (C=N–C) groups is 1. The maximum atomic E-state index is 5.94. The van der Waals surface area contributed by atoms with Crippen molar-refractivity contribution in [3.8, 4) is 11.5 Å². The number of nitrogens with zero attached hydrogens (tertiary/aromatic N) is 4. The molecule has 8 heteroatoms. The van der Waals surface area contributed by atoms with Crippen LogP contribution in [-0.2, 0) is 19.5 Å². The lowest BCUT2D eigenvalue weighted by Crippen LogP contribution is -2.41. The number of methoxy groups -OCH3 is 1. The summed E-state index contributed by atoms with van der Waals surface area (Å²) in [4.78, 5) is 4.64. The summed E-state index contributed by atoms with van der Waals surface area (Å²) in [6.45, 7) is 6.97. The van der Waals surface area contributed by atoms with Gasteiger partial charge in [-0.05, 0) is 32.4 Å². The van der Waals surface area contributed by atoms with Gasteiger partial charge in [0.1, 0.15) is 30.0 Å². The fourth-order valence-electron chi connectivity index (χ4n) is 3.01. The van der Waals surface area contributed by atoms with Crippen molar-refractivity contribution in [1.29, 1.82) is 0 Å². The third kappa shape index (κ3) is 5.12. The van der Waals surface area contributed by atoms with Crippen LogP contribution in [0.1, 0.15) is 31.9 Å². The number of aryl methyl sites for hydroxylation is 1. The fourth-order valence-corrected chi connectivity index (χ4v) is 3.01. The van der Waals surface area contributed by atoms with Gasteiger partial charge in [0, 0.05) is 25.6 Å². The number of fused-ring (bicyclic) bond motifs is 1.